The second-order valence-corrected chi connectivity index (χ2v) is 7.98. The van der Waals surface area contributed by atoms with Crippen molar-refractivity contribution in [2.24, 2.45) is 0 Å². The molecule has 0 spiro atoms. The van der Waals surface area contributed by atoms with Gasteiger partial charge in [0, 0.05) is 29.7 Å². The number of furan rings is 1. The van der Waals surface area contributed by atoms with Crippen molar-refractivity contribution in [1.29, 1.82) is 0 Å². The second kappa shape index (κ2) is 9.10. The van der Waals surface area contributed by atoms with Gasteiger partial charge >= 0.3 is 0 Å². The first kappa shape index (κ1) is 22.2. The van der Waals surface area contributed by atoms with Crippen LogP contribution in [0.4, 0.5) is 5.69 Å². The number of nitro benzene ring substituents is 1. The lowest BCUT2D eigenvalue weighted by Gasteiger charge is -2.27. The van der Waals surface area contributed by atoms with Gasteiger partial charge in [0.1, 0.15) is 15.8 Å². The highest BCUT2D eigenvalue weighted by atomic mass is 32.2. The molecule has 0 saturated carbocycles. The van der Waals surface area contributed by atoms with Crippen molar-refractivity contribution >= 4 is 57.9 Å². The molecule has 31 heavy (non-hydrogen) atoms. The summed E-state index contributed by atoms with van der Waals surface area (Å²) < 4.78 is 5.60. The molecule has 0 radical (unpaired) electrons. The maximum Gasteiger partial charge on any atom is 0.269 e. The molecule has 0 N–H and O–H groups in total. The van der Waals surface area contributed by atoms with Crippen molar-refractivity contribution in [2.45, 2.75) is 18.9 Å². The van der Waals surface area contributed by atoms with E-state index >= 15 is 0 Å². The molecule has 1 atom stereocenters. The Hall–Kier alpha value is -3.51. The van der Waals surface area contributed by atoms with Gasteiger partial charge in [-0.25, -0.2) is 0 Å². The van der Waals surface area contributed by atoms with Crippen molar-refractivity contribution in [1.82, 2.24) is 4.90 Å². The van der Waals surface area contributed by atoms with Gasteiger partial charge in [0.05, 0.1) is 21.8 Å². The first-order valence-electron chi connectivity index (χ1n) is 8.70. The number of benzene rings is 1. The number of aliphatic carboxylic acids is 2. The molecular weight excluding hydrogens is 448 g/mol. The van der Waals surface area contributed by atoms with E-state index in [2.05, 4.69) is 0 Å². The fourth-order valence-electron chi connectivity index (χ4n) is 2.82. The fraction of sp³-hybridized carbons (Fsp3) is 0.158. The Morgan fingerprint density at radius 3 is 2.45 bits per heavy atom. The second-order valence-electron chi connectivity index (χ2n) is 6.30. The minimum absolute atomic E-state index is 0.0500. The van der Waals surface area contributed by atoms with Gasteiger partial charge in [0.15, 0.2) is 0 Å². The summed E-state index contributed by atoms with van der Waals surface area (Å²) in [4.78, 5) is 45.9. The number of rotatable bonds is 8. The Morgan fingerprint density at radius 2 is 1.87 bits per heavy atom. The molecule has 2 heterocycles. The molecular formula is C19H12N2O8S2-2. The largest absolute Gasteiger partial charge is 0.550 e. The molecule has 3 rings (SSSR count). The Kier molecular flexibility index (Phi) is 6.51. The minimum atomic E-state index is -1.63. The van der Waals surface area contributed by atoms with Gasteiger partial charge in [-0.15, -0.1) is 0 Å². The summed E-state index contributed by atoms with van der Waals surface area (Å²) in [6.07, 6.45) is 0.389. The number of carboxylic acids is 2. The number of hydrogen-bond donors (Lipinski definition) is 0. The predicted molar refractivity (Wildman–Crippen MR) is 109 cm³/mol. The standard InChI is InChI=1S/C19H14N2O8S2/c22-16(23)8-6-13(18(25)26)20-17(24)15(31-19(20)30)9-12-5-7-14(29-12)10-1-3-11(4-2-10)21(27)28/h1-5,7,9,13H,6,8H2,(H,22,23)(H,25,26)/p-2/b15-9+/t13-/m1/s1. The van der Waals surface area contributed by atoms with Crippen LogP contribution in [0.3, 0.4) is 0 Å². The maximum absolute atomic E-state index is 12.7. The molecule has 0 aliphatic carbocycles. The first-order valence-corrected chi connectivity index (χ1v) is 9.92. The predicted octanol–water partition coefficient (Wildman–Crippen LogP) is 0.705. The van der Waals surface area contributed by atoms with Crippen molar-refractivity contribution in [2.75, 3.05) is 0 Å². The minimum Gasteiger partial charge on any atom is -0.550 e. The maximum atomic E-state index is 12.7. The van der Waals surface area contributed by atoms with E-state index in [1.54, 1.807) is 12.1 Å². The van der Waals surface area contributed by atoms with Crippen LogP contribution in [0, 0.1) is 10.1 Å². The van der Waals surface area contributed by atoms with Crippen molar-refractivity contribution in [3.05, 3.63) is 57.2 Å². The zero-order chi connectivity index (χ0) is 22.7. The molecule has 1 aromatic heterocycles. The molecule has 12 heteroatoms. The number of carbonyl (C=O) groups is 3. The lowest BCUT2D eigenvalue weighted by molar-refractivity contribution is -0.384. The van der Waals surface area contributed by atoms with Gasteiger partial charge in [0.2, 0.25) is 0 Å². The summed E-state index contributed by atoms with van der Waals surface area (Å²) in [6, 6.07) is 7.32. The fourth-order valence-corrected chi connectivity index (χ4v) is 4.15. The number of hydrogen-bond acceptors (Lipinski definition) is 10. The highest BCUT2D eigenvalue weighted by Gasteiger charge is 2.37. The number of nitro groups is 1. The third kappa shape index (κ3) is 4.98. The topological polar surface area (TPSA) is 157 Å². The number of amides is 1. The number of carboxylic acid groups (broad SMARTS) is 2. The zero-order valence-corrected chi connectivity index (χ0v) is 17.1. The summed E-state index contributed by atoms with van der Waals surface area (Å²) >= 11 is 5.94. The molecule has 10 nitrogen and oxygen atoms in total. The normalized spacial score (nSPS) is 16.0. The highest BCUT2D eigenvalue weighted by Crippen LogP contribution is 2.35. The van der Waals surface area contributed by atoms with E-state index in [0.29, 0.717) is 11.3 Å². The van der Waals surface area contributed by atoms with Gasteiger partial charge < -0.3 is 24.2 Å². The first-order chi connectivity index (χ1) is 14.7. The molecule has 0 unspecified atom stereocenters. The monoisotopic (exact) mass is 460 g/mol. The van der Waals surface area contributed by atoms with Crippen LogP contribution < -0.4 is 10.2 Å². The quantitative estimate of drug-likeness (QED) is 0.238. The zero-order valence-electron chi connectivity index (χ0n) is 15.5. The number of carbonyl (C=O) groups excluding carboxylic acids is 3. The molecule has 0 bridgehead atoms. The summed E-state index contributed by atoms with van der Waals surface area (Å²) in [5.41, 5.74) is 0.512. The average Bonchev–Trinajstić information content (AvgIpc) is 3.28. The molecule has 1 amide bonds. The summed E-state index contributed by atoms with van der Waals surface area (Å²) in [5.74, 6) is -3.12. The van der Waals surface area contributed by atoms with Crippen LogP contribution in [-0.4, -0.2) is 38.0 Å². The van der Waals surface area contributed by atoms with Crippen LogP contribution in [0.25, 0.3) is 17.4 Å². The smallest absolute Gasteiger partial charge is 0.269 e. The van der Waals surface area contributed by atoms with Crippen molar-refractivity contribution in [3.8, 4) is 11.3 Å². The molecule has 1 aliphatic rings. The molecule has 1 aliphatic heterocycles. The van der Waals surface area contributed by atoms with E-state index in [1.807, 2.05) is 0 Å². The van der Waals surface area contributed by atoms with E-state index in [1.165, 1.54) is 30.3 Å². The molecule has 1 saturated heterocycles. The Morgan fingerprint density at radius 1 is 1.19 bits per heavy atom. The lowest BCUT2D eigenvalue weighted by Crippen LogP contribution is -2.50. The molecule has 2 aromatic rings. The van der Waals surface area contributed by atoms with Crippen LogP contribution >= 0.6 is 24.0 Å². The Bertz CT molecular complexity index is 1110. The van der Waals surface area contributed by atoms with Gasteiger partial charge in [-0.2, -0.15) is 0 Å². The number of nitrogens with zero attached hydrogens (tertiary/aromatic N) is 2. The highest BCUT2D eigenvalue weighted by molar-refractivity contribution is 8.26. The van der Waals surface area contributed by atoms with E-state index in [0.717, 1.165) is 16.7 Å². The van der Waals surface area contributed by atoms with Crippen molar-refractivity contribution in [3.63, 3.8) is 0 Å². The molecule has 1 aromatic carbocycles. The van der Waals surface area contributed by atoms with Crippen LogP contribution in [0.1, 0.15) is 18.6 Å². The molecule has 160 valence electrons. The van der Waals surface area contributed by atoms with E-state index in [4.69, 9.17) is 16.6 Å². The van der Waals surface area contributed by atoms with E-state index in [9.17, 15) is 34.7 Å². The van der Waals surface area contributed by atoms with Gasteiger partial charge in [-0.1, -0.05) is 24.0 Å². The van der Waals surface area contributed by atoms with Gasteiger partial charge in [-0.05, 0) is 37.1 Å². The third-order valence-electron chi connectivity index (χ3n) is 4.29. The van der Waals surface area contributed by atoms with Gasteiger partial charge in [-0.3, -0.25) is 19.8 Å². The number of thiocarbonyl (C=S) groups is 1. The van der Waals surface area contributed by atoms with E-state index < -0.39 is 41.7 Å². The van der Waals surface area contributed by atoms with Gasteiger partial charge in [0.25, 0.3) is 11.6 Å². The van der Waals surface area contributed by atoms with Crippen LogP contribution in [0.2, 0.25) is 0 Å². The summed E-state index contributed by atoms with van der Waals surface area (Å²) in [6.45, 7) is 0. The van der Waals surface area contributed by atoms with Crippen LogP contribution in [0.15, 0.2) is 45.7 Å². The Balaban J connectivity index is 1.80. The SMILES string of the molecule is O=C([O-])CC[C@H](C(=O)[O-])N1C(=O)/C(=C\c2ccc(-c3ccc([N+](=O)[O-])cc3)o2)SC1=S. The van der Waals surface area contributed by atoms with Crippen LogP contribution in [-0.2, 0) is 14.4 Å². The van der Waals surface area contributed by atoms with E-state index in [-0.39, 0.29) is 20.7 Å². The average molecular weight is 460 g/mol. The molecule has 1 fully saturated rings. The summed E-state index contributed by atoms with van der Waals surface area (Å²) in [5, 5.41) is 32.8. The number of thioether (sulfide) groups is 1. The van der Waals surface area contributed by atoms with Crippen LogP contribution in [0.5, 0.6) is 0 Å². The summed E-state index contributed by atoms with van der Waals surface area (Å²) in [7, 11) is 0. The Labute approximate surface area is 184 Å². The lowest BCUT2D eigenvalue weighted by atomic mass is 10.1. The number of non-ortho nitro benzene ring substituents is 1. The van der Waals surface area contributed by atoms with Crippen molar-refractivity contribution < 1.29 is 33.9 Å². The third-order valence-corrected chi connectivity index (χ3v) is 5.62.